The van der Waals surface area contributed by atoms with Crippen molar-refractivity contribution in [2.24, 2.45) is 13.0 Å². The number of aromatic nitrogens is 2. The van der Waals surface area contributed by atoms with Gasteiger partial charge in [-0.15, -0.1) is 11.3 Å². The quantitative estimate of drug-likeness (QED) is 0.652. The highest BCUT2D eigenvalue weighted by Gasteiger charge is 2.38. The second-order valence-corrected chi connectivity index (χ2v) is 9.54. The Morgan fingerprint density at radius 3 is 2.61 bits per heavy atom. The molecule has 2 aromatic rings. The number of rotatable bonds is 6. The number of carboxylic acid groups (broad SMARTS) is 1. The summed E-state index contributed by atoms with van der Waals surface area (Å²) in [4.78, 5) is 30.2. The number of alkyl halides is 3. The monoisotopic (exact) mass is 486 g/mol. The first kappa shape index (κ1) is 25.2. The molecule has 11 heteroatoms. The zero-order valence-corrected chi connectivity index (χ0v) is 19.3. The molecule has 0 aromatic carbocycles. The lowest BCUT2D eigenvalue weighted by Gasteiger charge is -2.33. The first-order chi connectivity index (χ1) is 15.6. The number of nitrogens with zero attached hydrogens (tertiary/aromatic N) is 3. The molecule has 7 nitrogen and oxygen atoms in total. The van der Waals surface area contributed by atoms with Crippen LogP contribution < -0.4 is 5.32 Å². The Balaban J connectivity index is 0.000000383. The number of carbonyl (C=O) groups is 2. The molecule has 1 atom stereocenters. The summed E-state index contributed by atoms with van der Waals surface area (Å²) in [6.07, 6.45) is 3.07. The molecule has 182 valence electrons. The van der Waals surface area contributed by atoms with Crippen molar-refractivity contribution in [2.45, 2.75) is 50.7 Å². The van der Waals surface area contributed by atoms with Crippen molar-refractivity contribution in [1.82, 2.24) is 19.8 Å². The number of halogens is 3. The normalized spacial score (nSPS) is 19.0. The van der Waals surface area contributed by atoms with Crippen molar-refractivity contribution >= 4 is 23.2 Å². The van der Waals surface area contributed by atoms with E-state index in [-0.39, 0.29) is 11.8 Å². The van der Waals surface area contributed by atoms with Gasteiger partial charge in [-0.05, 0) is 36.6 Å². The molecule has 1 fully saturated rings. The second-order valence-electron chi connectivity index (χ2n) is 8.51. The van der Waals surface area contributed by atoms with Crippen molar-refractivity contribution in [3.05, 3.63) is 40.1 Å². The van der Waals surface area contributed by atoms with Gasteiger partial charge in [0, 0.05) is 38.1 Å². The molecule has 1 unspecified atom stereocenters. The van der Waals surface area contributed by atoms with E-state index in [2.05, 4.69) is 32.7 Å². The fourth-order valence-corrected chi connectivity index (χ4v) is 5.18. The average Bonchev–Trinajstić information content (AvgIpc) is 3.51. The maximum atomic E-state index is 12.9. The van der Waals surface area contributed by atoms with Crippen LogP contribution in [0.3, 0.4) is 0 Å². The van der Waals surface area contributed by atoms with Gasteiger partial charge in [-0.3, -0.25) is 9.69 Å². The van der Waals surface area contributed by atoms with Gasteiger partial charge >= 0.3 is 12.1 Å². The summed E-state index contributed by atoms with van der Waals surface area (Å²) in [6.45, 7) is 3.50. The molecule has 0 saturated heterocycles. The van der Waals surface area contributed by atoms with Crippen LogP contribution in [0.25, 0.3) is 0 Å². The van der Waals surface area contributed by atoms with Gasteiger partial charge in [0.1, 0.15) is 0 Å². The molecule has 1 amide bonds. The van der Waals surface area contributed by atoms with Crippen LogP contribution >= 0.6 is 11.3 Å². The van der Waals surface area contributed by atoms with Gasteiger partial charge in [0.25, 0.3) is 0 Å². The minimum Gasteiger partial charge on any atom is -0.475 e. The van der Waals surface area contributed by atoms with E-state index >= 15 is 0 Å². The number of thiophene rings is 1. The lowest BCUT2D eigenvalue weighted by atomic mass is 9.95. The highest BCUT2D eigenvalue weighted by Crippen LogP contribution is 2.31. The van der Waals surface area contributed by atoms with Crippen LogP contribution in [0.5, 0.6) is 0 Å². The molecule has 2 N–H and O–H groups in total. The Bertz CT molecular complexity index is 924. The van der Waals surface area contributed by atoms with Crippen LogP contribution in [0, 0.1) is 5.92 Å². The number of carbonyl (C=O) groups excluding carboxylic acids is 1. The number of nitrogens with one attached hydrogen (secondary N) is 1. The zero-order valence-electron chi connectivity index (χ0n) is 18.5. The lowest BCUT2D eigenvalue weighted by molar-refractivity contribution is -0.192. The minimum absolute atomic E-state index is 0.115. The largest absolute Gasteiger partial charge is 0.490 e. The third kappa shape index (κ3) is 7.04. The Hall–Kier alpha value is -2.40. The van der Waals surface area contributed by atoms with Crippen LogP contribution in [-0.4, -0.2) is 57.2 Å². The maximum Gasteiger partial charge on any atom is 0.490 e. The number of fused-ring (bicyclic) bond motifs is 1. The Morgan fingerprint density at radius 1 is 1.30 bits per heavy atom. The Labute approximate surface area is 194 Å². The smallest absolute Gasteiger partial charge is 0.475 e. The average molecular weight is 487 g/mol. The number of imidazole rings is 1. The molecule has 0 radical (unpaired) electrons. The van der Waals surface area contributed by atoms with Crippen LogP contribution in [0.1, 0.15) is 47.9 Å². The van der Waals surface area contributed by atoms with Crippen molar-refractivity contribution < 1.29 is 27.9 Å². The summed E-state index contributed by atoms with van der Waals surface area (Å²) in [7, 11) is 2.00. The van der Waals surface area contributed by atoms with Gasteiger partial charge in [-0.25, -0.2) is 9.78 Å². The van der Waals surface area contributed by atoms with Gasteiger partial charge in [0.05, 0.1) is 23.6 Å². The number of hydrogen-bond donors (Lipinski definition) is 2. The molecule has 0 bridgehead atoms. The predicted octanol–water partition coefficient (Wildman–Crippen LogP) is 3.56. The number of aryl methyl sites for hydroxylation is 1. The van der Waals surface area contributed by atoms with Crippen LogP contribution in [0.4, 0.5) is 13.2 Å². The molecule has 2 aliphatic rings. The summed E-state index contributed by atoms with van der Waals surface area (Å²) >= 11 is 1.75. The summed E-state index contributed by atoms with van der Waals surface area (Å²) in [5.41, 5.74) is 2.18. The van der Waals surface area contributed by atoms with Crippen LogP contribution in [-0.2, 0) is 29.6 Å². The van der Waals surface area contributed by atoms with E-state index in [1.807, 2.05) is 17.9 Å². The lowest BCUT2D eigenvalue weighted by Crippen LogP contribution is -2.43. The summed E-state index contributed by atoms with van der Waals surface area (Å²) in [5.74, 6) is -1.94. The molecule has 0 spiro atoms. The van der Waals surface area contributed by atoms with E-state index in [9.17, 15) is 18.0 Å². The minimum atomic E-state index is -5.08. The first-order valence-corrected chi connectivity index (χ1v) is 11.9. The summed E-state index contributed by atoms with van der Waals surface area (Å²) < 4.78 is 33.8. The number of carboxylic acids is 1. The van der Waals surface area contributed by atoms with Gasteiger partial charge in [-0.2, -0.15) is 13.2 Å². The van der Waals surface area contributed by atoms with Crippen molar-refractivity contribution in [1.29, 1.82) is 0 Å². The highest BCUT2D eigenvalue weighted by atomic mass is 32.1. The first-order valence-electron chi connectivity index (χ1n) is 11.0. The molecule has 3 heterocycles. The molecule has 1 aliphatic heterocycles. The molecule has 1 aliphatic carbocycles. The SMILES string of the molecule is Cn1cnc2c1C(C(=O)NCCc1cccs1)CN(CC1CCCC1)C2.O=C(O)C(F)(F)F. The van der Waals surface area contributed by atoms with E-state index in [1.165, 1.54) is 30.6 Å². The van der Waals surface area contributed by atoms with Gasteiger partial charge in [-0.1, -0.05) is 18.9 Å². The van der Waals surface area contributed by atoms with Crippen LogP contribution in [0.2, 0.25) is 0 Å². The third-order valence-corrected chi connectivity index (χ3v) is 6.94. The molecule has 2 aromatic heterocycles. The number of aliphatic carboxylic acids is 1. The van der Waals surface area contributed by atoms with Crippen molar-refractivity contribution in [3.8, 4) is 0 Å². The molecule has 1 saturated carbocycles. The molecule has 33 heavy (non-hydrogen) atoms. The fraction of sp³-hybridized carbons (Fsp3) is 0.591. The van der Waals surface area contributed by atoms with Gasteiger partial charge < -0.3 is 15.0 Å². The molecule has 4 rings (SSSR count). The molecular weight excluding hydrogens is 457 g/mol. The topological polar surface area (TPSA) is 87.5 Å². The van der Waals surface area contributed by atoms with E-state index in [4.69, 9.17) is 9.90 Å². The third-order valence-electron chi connectivity index (χ3n) is 6.01. The maximum absolute atomic E-state index is 12.9. The van der Waals surface area contributed by atoms with E-state index in [0.717, 1.165) is 43.4 Å². The predicted molar refractivity (Wildman–Crippen MR) is 118 cm³/mol. The Kier molecular flexibility index (Phi) is 8.52. The summed E-state index contributed by atoms with van der Waals surface area (Å²) in [5, 5.41) is 12.4. The van der Waals surface area contributed by atoms with Crippen molar-refractivity contribution in [3.63, 3.8) is 0 Å². The van der Waals surface area contributed by atoms with E-state index in [1.54, 1.807) is 11.3 Å². The van der Waals surface area contributed by atoms with Crippen LogP contribution in [0.15, 0.2) is 23.8 Å². The second kappa shape index (κ2) is 11.1. The number of amides is 1. The molecular formula is C22H29F3N4O3S. The van der Waals surface area contributed by atoms with E-state index < -0.39 is 12.1 Å². The van der Waals surface area contributed by atoms with Gasteiger partial charge in [0.2, 0.25) is 5.91 Å². The number of hydrogen-bond acceptors (Lipinski definition) is 5. The Morgan fingerprint density at radius 2 is 2.00 bits per heavy atom. The fourth-order valence-electron chi connectivity index (χ4n) is 4.47. The van der Waals surface area contributed by atoms with E-state index in [0.29, 0.717) is 6.54 Å². The standard InChI is InChI=1S/C20H28N4OS.C2HF3O2/c1-23-14-22-18-13-24(11-15-5-2-3-6-15)12-17(19(18)23)20(25)21-9-8-16-7-4-10-26-16;3-2(4,5)1(6)7/h4,7,10,14-15,17H,2-3,5-6,8-9,11-13H2,1H3,(H,21,25);(H,6,7). The van der Waals surface area contributed by atoms with Gasteiger partial charge in [0.15, 0.2) is 0 Å². The zero-order chi connectivity index (χ0) is 24.0. The highest BCUT2D eigenvalue weighted by molar-refractivity contribution is 7.09. The summed E-state index contributed by atoms with van der Waals surface area (Å²) in [6, 6.07) is 4.19. The van der Waals surface area contributed by atoms with Crippen molar-refractivity contribution in [2.75, 3.05) is 19.6 Å².